The van der Waals surface area contributed by atoms with E-state index in [9.17, 15) is 14.7 Å². The third-order valence-corrected chi connectivity index (χ3v) is 4.40. The molecule has 1 aromatic rings. The molecule has 1 aliphatic heterocycles. The molecule has 2 rings (SSSR count). The normalized spacial score (nSPS) is 20.1. The number of carbonyl (C=O) groups is 2. The van der Waals surface area contributed by atoms with Crippen LogP contribution in [0.2, 0.25) is 0 Å². The van der Waals surface area contributed by atoms with Gasteiger partial charge in [0.15, 0.2) is 0 Å². The van der Waals surface area contributed by atoms with Crippen molar-refractivity contribution in [1.29, 1.82) is 0 Å². The lowest BCUT2D eigenvalue weighted by Gasteiger charge is -2.42. The van der Waals surface area contributed by atoms with Crippen LogP contribution in [-0.2, 0) is 16.1 Å². The van der Waals surface area contributed by atoms with Gasteiger partial charge in [-0.25, -0.2) is 9.59 Å². The Morgan fingerprint density at radius 3 is 2.59 bits per heavy atom. The number of likely N-dealkylation sites (tertiary alicyclic amines) is 1. The Bertz CT molecular complexity index is 625. The third-order valence-electron chi connectivity index (χ3n) is 4.40. The largest absolute Gasteiger partial charge is 0.445 e. The molecule has 0 aromatic heterocycles. The molecular formula is C20H30N2O5. The van der Waals surface area contributed by atoms with Gasteiger partial charge in [-0.2, -0.15) is 0 Å². The van der Waals surface area contributed by atoms with Gasteiger partial charge in [0.2, 0.25) is 0 Å². The molecule has 1 atom stereocenters. The Morgan fingerprint density at radius 2 is 1.96 bits per heavy atom. The van der Waals surface area contributed by atoms with Crippen molar-refractivity contribution >= 4 is 12.2 Å². The zero-order valence-electron chi connectivity index (χ0n) is 16.4. The molecule has 0 bridgehead atoms. The molecule has 1 aromatic carbocycles. The van der Waals surface area contributed by atoms with Crippen molar-refractivity contribution in [2.45, 2.75) is 57.8 Å². The number of benzene rings is 1. The first kappa shape index (κ1) is 21.0. The molecule has 2 amide bonds. The molecule has 1 heterocycles. The summed E-state index contributed by atoms with van der Waals surface area (Å²) < 4.78 is 10.8. The minimum absolute atomic E-state index is 0.0945. The van der Waals surface area contributed by atoms with Crippen molar-refractivity contribution in [3.05, 3.63) is 35.9 Å². The van der Waals surface area contributed by atoms with Gasteiger partial charge in [0.25, 0.3) is 0 Å². The van der Waals surface area contributed by atoms with Crippen molar-refractivity contribution in [2.24, 2.45) is 0 Å². The molecule has 0 spiro atoms. The summed E-state index contributed by atoms with van der Waals surface area (Å²) in [6, 6.07) is 9.47. The lowest BCUT2D eigenvalue weighted by atomic mass is 9.86. The molecule has 1 unspecified atom stereocenters. The van der Waals surface area contributed by atoms with Crippen molar-refractivity contribution in [3.63, 3.8) is 0 Å². The molecular weight excluding hydrogens is 348 g/mol. The number of nitrogens with one attached hydrogen (secondary N) is 1. The Hall–Kier alpha value is -2.28. The minimum atomic E-state index is -0.721. The van der Waals surface area contributed by atoms with E-state index in [2.05, 4.69) is 5.32 Å². The van der Waals surface area contributed by atoms with E-state index in [0.29, 0.717) is 25.8 Å². The maximum absolute atomic E-state index is 12.5. The van der Waals surface area contributed by atoms with Crippen molar-refractivity contribution < 1.29 is 24.2 Å². The van der Waals surface area contributed by atoms with Gasteiger partial charge < -0.3 is 24.8 Å². The molecule has 150 valence electrons. The van der Waals surface area contributed by atoms with Gasteiger partial charge in [0, 0.05) is 19.7 Å². The van der Waals surface area contributed by atoms with Gasteiger partial charge in [0.05, 0.1) is 5.54 Å². The molecule has 7 nitrogen and oxygen atoms in total. The number of amides is 2. The highest BCUT2D eigenvalue weighted by Gasteiger charge is 2.39. The molecule has 1 fully saturated rings. The summed E-state index contributed by atoms with van der Waals surface area (Å²) in [6.45, 7) is 6.31. The zero-order valence-corrected chi connectivity index (χ0v) is 16.4. The number of piperidine rings is 1. The molecule has 2 N–H and O–H groups in total. The predicted octanol–water partition coefficient (Wildman–Crippen LogP) is 3.06. The number of alkyl carbamates (subject to hydrolysis) is 1. The van der Waals surface area contributed by atoms with E-state index in [1.54, 1.807) is 25.7 Å². The van der Waals surface area contributed by atoms with Gasteiger partial charge in [0.1, 0.15) is 12.2 Å². The van der Waals surface area contributed by atoms with Crippen LogP contribution >= 0.6 is 0 Å². The number of carbonyl (C=O) groups excluding carboxylic acids is 2. The molecule has 1 saturated heterocycles. The van der Waals surface area contributed by atoms with E-state index in [-0.39, 0.29) is 19.8 Å². The number of rotatable bonds is 5. The van der Waals surface area contributed by atoms with E-state index in [0.717, 1.165) is 5.56 Å². The third kappa shape index (κ3) is 6.75. The first-order valence-electron chi connectivity index (χ1n) is 9.31. The van der Waals surface area contributed by atoms with Gasteiger partial charge in [-0.1, -0.05) is 30.3 Å². The van der Waals surface area contributed by atoms with Gasteiger partial charge in [-0.05, 0) is 45.6 Å². The summed E-state index contributed by atoms with van der Waals surface area (Å²) in [5.74, 6) is 0. The van der Waals surface area contributed by atoms with Gasteiger partial charge >= 0.3 is 12.2 Å². The fraction of sp³-hybridized carbons (Fsp3) is 0.600. The van der Waals surface area contributed by atoms with E-state index in [4.69, 9.17) is 9.47 Å². The summed E-state index contributed by atoms with van der Waals surface area (Å²) in [6.07, 6.45) is 0.738. The molecule has 0 aliphatic carbocycles. The number of aliphatic hydroxyl groups excluding tert-OH is 1. The number of hydrogen-bond acceptors (Lipinski definition) is 5. The topological polar surface area (TPSA) is 88.1 Å². The number of ether oxygens (including phenoxy) is 2. The first-order valence-corrected chi connectivity index (χ1v) is 9.31. The quantitative estimate of drug-likeness (QED) is 0.822. The van der Waals surface area contributed by atoms with Crippen LogP contribution in [0.5, 0.6) is 0 Å². The van der Waals surface area contributed by atoms with E-state index >= 15 is 0 Å². The van der Waals surface area contributed by atoms with Crippen molar-refractivity contribution in [3.8, 4) is 0 Å². The fourth-order valence-corrected chi connectivity index (χ4v) is 3.20. The predicted molar refractivity (Wildman–Crippen MR) is 101 cm³/mol. The highest BCUT2D eigenvalue weighted by Crippen LogP contribution is 2.26. The van der Waals surface area contributed by atoms with Gasteiger partial charge in [-0.3, -0.25) is 0 Å². The molecule has 0 saturated carbocycles. The standard InChI is InChI=1S/C20H30N2O5/c1-19(2,3)27-17(24)21-20(11-13-23)10-7-12-22(15-20)18(25)26-14-16-8-5-4-6-9-16/h4-6,8-9,23H,7,10-15H2,1-3H3,(H,21,24). The summed E-state index contributed by atoms with van der Waals surface area (Å²) in [4.78, 5) is 26.3. The zero-order chi connectivity index (χ0) is 19.9. The first-order chi connectivity index (χ1) is 12.7. The summed E-state index contributed by atoms with van der Waals surface area (Å²) in [5.41, 5.74) is -0.425. The molecule has 7 heteroatoms. The van der Waals surface area contributed by atoms with E-state index in [1.807, 2.05) is 30.3 Å². The highest BCUT2D eigenvalue weighted by atomic mass is 16.6. The van der Waals surface area contributed by atoms with Crippen molar-refractivity contribution in [1.82, 2.24) is 10.2 Å². The Balaban J connectivity index is 1.98. The average Bonchev–Trinajstić information content (AvgIpc) is 2.59. The lowest BCUT2D eigenvalue weighted by molar-refractivity contribution is 0.0277. The van der Waals surface area contributed by atoms with Crippen LogP contribution in [0.25, 0.3) is 0 Å². The smallest absolute Gasteiger partial charge is 0.410 e. The average molecular weight is 378 g/mol. The Morgan fingerprint density at radius 1 is 1.26 bits per heavy atom. The highest BCUT2D eigenvalue weighted by molar-refractivity contribution is 5.70. The summed E-state index contributed by atoms with van der Waals surface area (Å²) >= 11 is 0. The van der Waals surface area contributed by atoms with Crippen LogP contribution in [0.4, 0.5) is 9.59 Å². The molecule has 1 aliphatic rings. The van der Waals surface area contributed by atoms with E-state index < -0.39 is 23.3 Å². The van der Waals surface area contributed by atoms with Crippen LogP contribution < -0.4 is 5.32 Å². The van der Waals surface area contributed by atoms with Gasteiger partial charge in [-0.15, -0.1) is 0 Å². The lowest BCUT2D eigenvalue weighted by Crippen LogP contribution is -2.60. The second-order valence-electron chi connectivity index (χ2n) is 7.95. The van der Waals surface area contributed by atoms with Crippen LogP contribution in [0.15, 0.2) is 30.3 Å². The maximum Gasteiger partial charge on any atom is 0.410 e. The Kier molecular flexibility index (Phi) is 7.07. The second kappa shape index (κ2) is 9.08. The SMILES string of the molecule is CC(C)(C)OC(=O)NC1(CCO)CCCN(C(=O)OCc2ccccc2)C1. The van der Waals surface area contributed by atoms with Crippen molar-refractivity contribution in [2.75, 3.05) is 19.7 Å². The molecule has 27 heavy (non-hydrogen) atoms. The van der Waals surface area contributed by atoms with Crippen LogP contribution in [0.1, 0.15) is 45.6 Å². The maximum atomic E-state index is 12.5. The second-order valence-corrected chi connectivity index (χ2v) is 7.95. The van der Waals surface area contributed by atoms with E-state index in [1.165, 1.54) is 0 Å². The summed E-state index contributed by atoms with van der Waals surface area (Å²) in [7, 11) is 0. The Labute approximate surface area is 160 Å². The van der Waals surface area contributed by atoms with Crippen LogP contribution in [0.3, 0.4) is 0 Å². The monoisotopic (exact) mass is 378 g/mol. The summed E-state index contributed by atoms with van der Waals surface area (Å²) in [5, 5.41) is 12.4. The molecule has 0 radical (unpaired) electrons. The number of hydrogen-bond donors (Lipinski definition) is 2. The number of aliphatic hydroxyl groups is 1. The van der Waals surface area contributed by atoms with Crippen LogP contribution in [0, 0.1) is 0 Å². The number of nitrogens with zero attached hydrogens (tertiary/aromatic N) is 1. The fourth-order valence-electron chi connectivity index (χ4n) is 3.20. The van der Waals surface area contributed by atoms with Crippen LogP contribution in [-0.4, -0.2) is 53.0 Å². The minimum Gasteiger partial charge on any atom is -0.445 e.